The summed E-state index contributed by atoms with van der Waals surface area (Å²) in [4.78, 5) is 13.9. The van der Waals surface area contributed by atoms with Crippen LogP contribution in [0.15, 0.2) is 0 Å². The predicted molar refractivity (Wildman–Crippen MR) is 61.0 cm³/mol. The van der Waals surface area contributed by atoms with Crippen molar-refractivity contribution in [2.45, 2.75) is 51.6 Å². The normalized spacial score (nSPS) is 46.1. The van der Waals surface area contributed by atoms with Crippen LogP contribution < -0.4 is 0 Å². The summed E-state index contributed by atoms with van der Waals surface area (Å²) < 4.78 is 5.35. The maximum Gasteiger partial charge on any atom is 0.410 e. The van der Waals surface area contributed by atoms with Crippen LogP contribution in [0.5, 0.6) is 0 Å². The van der Waals surface area contributed by atoms with Gasteiger partial charge in [0.05, 0.1) is 5.54 Å². The van der Waals surface area contributed by atoms with Gasteiger partial charge in [-0.2, -0.15) is 0 Å². The van der Waals surface area contributed by atoms with Gasteiger partial charge in [-0.3, -0.25) is 4.90 Å². The maximum atomic E-state index is 11.9. The van der Waals surface area contributed by atoms with Gasteiger partial charge in [0.2, 0.25) is 0 Å². The number of hydrogen-bond donors (Lipinski definition) is 0. The van der Waals surface area contributed by atoms with E-state index in [0.29, 0.717) is 12.5 Å². The van der Waals surface area contributed by atoms with E-state index < -0.39 is 0 Å². The van der Waals surface area contributed by atoms with E-state index in [9.17, 15) is 4.79 Å². The van der Waals surface area contributed by atoms with Crippen LogP contribution in [0, 0.1) is 17.8 Å². The quantitative estimate of drug-likeness (QED) is 0.684. The van der Waals surface area contributed by atoms with Gasteiger partial charge in [-0.15, -0.1) is 0 Å². The zero-order chi connectivity index (χ0) is 11.5. The van der Waals surface area contributed by atoms with Crippen LogP contribution >= 0.6 is 0 Å². The van der Waals surface area contributed by atoms with Gasteiger partial charge in [0.15, 0.2) is 0 Å². The minimum Gasteiger partial charge on any atom is -0.447 e. The smallest absolute Gasteiger partial charge is 0.410 e. The molecule has 3 heteroatoms. The van der Waals surface area contributed by atoms with Crippen molar-refractivity contribution in [3.05, 3.63) is 0 Å². The van der Waals surface area contributed by atoms with E-state index in [0.717, 1.165) is 11.8 Å². The molecule has 1 saturated heterocycles. The van der Waals surface area contributed by atoms with Crippen LogP contribution in [0.3, 0.4) is 0 Å². The standard InChI is InChI=1S/C13H21NO2/c1-8(2)14-12(15)16-7-13(14)6-10-4-5-11(13)9(10)3/h8-11H,4-7H2,1-3H3. The number of carbonyl (C=O) groups is 1. The molecule has 3 aliphatic rings. The lowest BCUT2D eigenvalue weighted by Crippen LogP contribution is -2.54. The highest BCUT2D eigenvalue weighted by Gasteiger charge is 2.63. The van der Waals surface area contributed by atoms with Crippen LogP contribution in [-0.2, 0) is 4.74 Å². The summed E-state index contributed by atoms with van der Waals surface area (Å²) in [6, 6.07) is 0.265. The number of amides is 1. The molecule has 3 rings (SSSR count). The van der Waals surface area contributed by atoms with E-state index in [-0.39, 0.29) is 17.7 Å². The van der Waals surface area contributed by atoms with Crippen LogP contribution in [0.4, 0.5) is 4.79 Å². The average Bonchev–Trinajstić information content (AvgIpc) is 2.80. The van der Waals surface area contributed by atoms with Gasteiger partial charge in [0.25, 0.3) is 0 Å². The molecule has 4 unspecified atom stereocenters. The highest BCUT2D eigenvalue weighted by molar-refractivity contribution is 5.72. The van der Waals surface area contributed by atoms with Gasteiger partial charge in [-0.05, 0) is 50.9 Å². The van der Waals surface area contributed by atoms with Crippen LogP contribution in [0.1, 0.15) is 40.0 Å². The molecule has 2 saturated carbocycles. The van der Waals surface area contributed by atoms with Crippen LogP contribution in [0.2, 0.25) is 0 Å². The lowest BCUT2D eigenvalue weighted by atomic mass is 9.79. The molecule has 2 aliphatic carbocycles. The van der Waals surface area contributed by atoms with E-state index in [4.69, 9.17) is 4.74 Å². The lowest BCUT2D eigenvalue weighted by molar-refractivity contribution is 0.0748. The van der Waals surface area contributed by atoms with E-state index in [1.54, 1.807) is 0 Å². The van der Waals surface area contributed by atoms with E-state index >= 15 is 0 Å². The summed E-state index contributed by atoms with van der Waals surface area (Å²) in [7, 11) is 0. The average molecular weight is 223 g/mol. The molecular weight excluding hydrogens is 202 g/mol. The largest absolute Gasteiger partial charge is 0.447 e. The minimum absolute atomic E-state index is 0.0492. The Morgan fingerprint density at radius 2 is 2.19 bits per heavy atom. The zero-order valence-corrected chi connectivity index (χ0v) is 10.4. The molecule has 2 bridgehead atoms. The number of rotatable bonds is 1. The topological polar surface area (TPSA) is 29.5 Å². The van der Waals surface area contributed by atoms with Crippen molar-refractivity contribution in [1.29, 1.82) is 0 Å². The molecule has 90 valence electrons. The third-order valence-electron chi connectivity index (χ3n) is 5.17. The molecule has 3 nitrogen and oxygen atoms in total. The molecule has 3 fully saturated rings. The van der Waals surface area contributed by atoms with Gasteiger partial charge in [-0.1, -0.05) is 6.92 Å². The Kier molecular flexibility index (Phi) is 2.05. The monoisotopic (exact) mass is 223 g/mol. The van der Waals surface area contributed by atoms with Gasteiger partial charge in [0, 0.05) is 6.04 Å². The molecule has 0 aromatic heterocycles. The third-order valence-corrected chi connectivity index (χ3v) is 5.17. The molecule has 1 aliphatic heterocycles. The van der Waals surface area contributed by atoms with Crippen LogP contribution in [0.25, 0.3) is 0 Å². The van der Waals surface area contributed by atoms with Crippen molar-refractivity contribution in [2.24, 2.45) is 17.8 Å². The number of nitrogens with zero attached hydrogens (tertiary/aromatic N) is 1. The fraction of sp³-hybridized carbons (Fsp3) is 0.923. The van der Waals surface area contributed by atoms with Crippen molar-refractivity contribution < 1.29 is 9.53 Å². The number of cyclic esters (lactones) is 1. The lowest BCUT2D eigenvalue weighted by Gasteiger charge is -2.41. The first-order chi connectivity index (χ1) is 7.56. The fourth-order valence-corrected chi connectivity index (χ4v) is 4.57. The number of hydrogen-bond acceptors (Lipinski definition) is 2. The first kappa shape index (κ1) is 10.4. The van der Waals surface area contributed by atoms with Gasteiger partial charge < -0.3 is 4.74 Å². The third kappa shape index (κ3) is 1.07. The SMILES string of the molecule is CC1C2CCC1C1(COC(=O)N1C(C)C)C2. The summed E-state index contributed by atoms with van der Waals surface area (Å²) in [5.74, 6) is 2.27. The molecule has 1 spiro atoms. The molecule has 4 atom stereocenters. The minimum atomic E-state index is -0.0882. The molecule has 0 radical (unpaired) electrons. The van der Waals surface area contributed by atoms with Crippen molar-refractivity contribution in [3.8, 4) is 0 Å². The molecule has 1 amide bonds. The first-order valence-electron chi connectivity index (χ1n) is 6.52. The van der Waals surface area contributed by atoms with Crippen molar-refractivity contribution in [3.63, 3.8) is 0 Å². The molecule has 16 heavy (non-hydrogen) atoms. The Bertz CT molecular complexity index is 328. The summed E-state index contributed by atoms with van der Waals surface area (Å²) in [6.45, 7) is 7.20. The Morgan fingerprint density at radius 3 is 2.69 bits per heavy atom. The molecule has 0 aromatic rings. The van der Waals surface area contributed by atoms with Gasteiger partial charge in [-0.25, -0.2) is 4.79 Å². The van der Waals surface area contributed by atoms with E-state index in [2.05, 4.69) is 20.8 Å². The summed E-state index contributed by atoms with van der Waals surface area (Å²) in [5.41, 5.74) is 0.0492. The molecule has 1 heterocycles. The molecule has 0 N–H and O–H groups in total. The maximum absolute atomic E-state index is 11.9. The van der Waals surface area contributed by atoms with Gasteiger partial charge >= 0.3 is 6.09 Å². The summed E-state index contributed by atoms with van der Waals surface area (Å²) in [5, 5.41) is 0. The van der Waals surface area contributed by atoms with Crippen molar-refractivity contribution >= 4 is 6.09 Å². The fourth-order valence-electron chi connectivity index (χ4n) is 4.57. The van der Waals surface area contributed by atoms with Crippen LogP contribution in [-0.4, -0.2) is 29.2 Å². The Morgan fingerprint density at radius 1 is 1.44 bits per heavy atom. The Balaban J connectivity index is 1.97. The van der Waals surface area contributed by atoms with E-state index in [1.807, 2.05) is 4.90 Å². The molecule has 0 aromatic carbocycles. The second kappa shape index (κ2) is 3.14. The number of fused-ring (bicyclic) bond motifs is 3. The summed E-state index contributed by atoms with van der Waals surface area (Å²) in [6.07, 6.45) is 3.72. The van der Waals surface area contributed by atoms with E-state index in [1.165, 1.54) is 19.3 Å². The van der Waals surface area contributed by atoms with Crippen molar-refractivity contribution in [2.75, 3.05) is 6.61 Å². The van der Waals surface area contributed by atoms with Gasteiger partial charge in [0.1, 0.15) is 6.61 Å². The Hall–Kier alpha value is -0.730. The highest BCUT2D eigenvalue weighted by Crippen LogP contribution is 2.58. The predicted octanol–water partition coefficient (Wildman–Crippen LogP) is 2.65. The van der Waals surface area contributed by atoms with Crippen molar-refractivity contribution in [1.82, 2.24) is 4.90 Å². The summed E-state index contributed by atoms with van der Waals surface area (Å²) >= 11 is 0. The highest BCUT2D eigenvalue weighted by atomic mass is 16.6. The first-order valence-corrected chi connectivity index (χ1v) is 6.52. The second-order valence-corrected chi connectivity index (χ2v) is 6.13. The second-order valence-electron chi connectivity index (χ2n) is 6.13. The zero-order valence-electron chi connectivity index (χ0n) is 10.4. The number of ether oxygens (including phenoxy) is 1. The number of carbonyl (C=O) groups excluding carboxylic acids is 1. The Labute approximate surface area is 97.1 Å². The molecular formula is C13H21NO2.